The second-order valence-electron chi connectivity index (χ2n) is 3.90. The first kappa shape index (κ1) is 17.0. The Bertz CT molecular complexity index is 566. The molecule has 0 bridgehead atoms. The average Bonchev–Trinajstić information content (AvgIpc) is 2.26. The van der Waals surface area contributed by atoms with E-state index >= 15 is 0 Å². The summed E-state index contributed by atoms with van der Waals surface area (Å²) in [4.78, 5) is 39.9. The van der Waals surface area contributed by atoms with Gasteiger partial charge in [0.15, 0.2) is 0 Å². The van der Waals surface area contributed by atoms with Crippen LogP contribution in [0.4, 0.5) is 5.69 Å². The molecule has 2 unspecified atom stereocenters. The third-order valence-corrected chi connectivity index (χ3v) is 5.57. The molecule has 1 rings (SSSR count). The number of non-ortho nitro benzene ring substituents is 1. The molecule has 0 aliphatic carbocycles. The van der Waals surface area contributed by atoms with Crippen LogP contribution in [-0.2, 0) is 20.1 Å². The van der Waals surface area contributed by atoms with Crippen molar-refractivity contribution in [1.82, 2.24) is 0 Å². The van der Waals surface area contributed by atoms with Crippen molar-refractivity contribution in [3.63, 3.8) is 0 Å². The predicted octanol–water partition coefficient (Wildman–Crippen LogP) is 0.210. The first-order valence-electron chi connectivity index (χ1n) is 5.30. The first-order chi connectivity index (χ1) is 9.09. The summed E-state index contributed by atoms with van der Waals surface area (Å²) in [6.07, 6.45) is 0.124. The number of hydrogen-bond acceptors (Lipinski definition) is 7. The van der Waals surface area contributed by atoms with Crippen molar-refractivity contribution in [2.45, 2.75) is 6.42 Å². The fourth-order valence-corrected chi connectivity index (χ4v) is 3.79. The third-order valence-electron chi connectivity index (χ3n) is 2.18. The summed E-state index contributed by atoms with van der Waals surface area (Å²) in [5.74, 6) is -1.46. The fraction of sp³-hybridized carbons (Fsp3) is 0.333. The lowest BCUT2D eigenvalue weighted by Gasteiger charge is -2.27. The molecule has 1 aromatic rings. The van der Waals surface area contributed by atoms with E-state index in [9.17, 15) is 29.0 Å². The maximum absolute atomic E-state index is 11.2. The summed E-state index contributed by atoms with van der Waals surface area (Å²) in [5.41, 5.74) is 0.488. The Morgan fingerprint density at radius 2 is 1.75 bits per heavy atom. The molecule has 2 atom stereocenters. The lowest BCUT2D eigenvalue weighted by Crippen LogP contribution is -2.14. The second kappa shape index (κ2) is 6.58. The molecule has 0 aliphatic rings. The van der Waals surface area contributed by atoms with Crippen LogP contribution in [0.1, 0.15) is 5.56 Å². The number of nitrogens with zero attached hydrogens (tertiary/aromatic N) is 1. The Hall–Kier alpha value is -1.08. The minimum Gasteiger partial charge on any atom is -0.778 e. The molecule has 0 saturated heterocycles. The molecule has 1 N–H and O–H groups in total. The van der Waals surface area contributed by atoms with Crippen molar-refractivity contribution in [2.75, 3.05) is 12.5 Å². The van der Waals surface area contributed by atoms with Gasteiger partial charge in [-0.15, -0.1) is 0 Å². The van der Waals surface area contributed by atoms with Crippen molar-refractivity contribution in [3.8, 4) is 0 Å². The van der Waals surface area contributed by atoms with Crippen LogP contribution < -0.4 is 9.79 Å². The molecule has 11 heteroatoms. The Balaban J connectivity index is 2.50. The lowest BCUT2D eigenvalue weighted by molar-refractivity contribution is -0.384. The van der Waals surface area contributed by atoms with Crippen LogP contribution in [0.15, 0.2) is 24.3 Å². The quantitative estimate of drug-likeness (QED) is 0.424. The number of benzene rings is 1. The summed E-state index contributed by atoms with van der Waals surface area (Å²) in [6, 6.07) is 5.38. The van der Waals surface area contributed by atoms with Crippen molar-refractivity contribution >= 4 is 20.9 Å². The van der Waals surface area contributed by atoms with Gasteiger partial charge in [0, 0.05) is 12.1 Å². The highest BCUT2D eigenvalue weighted by molar-refractivity contribution is 7.68. The first-order valence-corrected chi connectivity index (χ1v) is 8.79. The van der Waals surface area contributed by atoms with Crippen molar-refractivity contribution in [2.24, 2.45) is 0 Å². The monoisotopic (exact) mass is 323 g/mol. The highest BCUT2D eigenvalue weighted by atomic mass is 31.2. The van der Waals surface area contributed by atoms with Crippen LogP contribution in [0.3, 0.4) is 0 Å². The van der Waals surface area contributed by atoms with E-state index in [-0.39, 0.29) is 18.7 Å². The van der Waals surface area contributed by atoms with E-state index < -0.39 is 26.0 Å². The van der Waals surface area contributed by atoms with Gasteiger partial charge in [-0.1, -0.05) is 12.1 Å². The summed E-state index contributed by atoms with van der Waals surface area (Å²) in [7, 11) is -9.60. The van der Waals surface area contributed by atoms with Gasteiger partial charge in [-0.25, -0.2) is 0 Å². The van der Waals surface area contributed by atoms with Gasteiger partial charge in [0.25, 0.3) is 5.69 Å². The molecule has 0 fully saturated rings. The summed E-state index contributed by atoms with van der Waals surface area (Å²) in [6.45, 7) is -0.321. The highest BCUT2D eigenvalue weighted by Gasteiger charge is 2.15. The van der Waals surface area contributed by atoms with Gasteiger partial charge in [0.05, 0.1) is 17.4 Å². The van der Waals surface area contributed by atoms with E-state index in [0.717, 1.165) is 0 Å². The molecule has 112 valence electrons. The second-order valence-corrected chi connectivity index (χ2v) is 7.78. The van der Waals surface area contributed by atoms with Crippen LogP contribution in [0, 0.1) is 10.1 Å². The van der Waals surface area contributed by atoms with E-state index in [1.165, 1.54) is 24.3 Å². The largest absolute Gasteiger partial charge is 0.778 e. The van der Waals surface area contributed by atoms with Gasteiger partial charge in [-0.2, -0.15) is 0 Å². The maximum Gasteiger partial charge on any atom is 0.269 e. The van der Waals surface area contributed by atoms with Gasteiger partial charge >= 0.3 is 0 Å². The summed E-state index contributed by atoms with van der Waals surface area (Å²) < 4.78 is 26.0. The molecular weight excluding hydrogens is 312 g/mol. The van der Waals surface area contributed by atoms with Crippen LogP contribution in [0.5, 0.6) is 0 Å². The van der Waals surface area contributed by atoms with E-state index in [0.29, 0.717) is 5.56 Å². The predicted molar refractivity (Wildman–Crippen MR) is 65.1 cm³/mol. The van der Waals surface area contributed by atoms with Crippen molar-refractivity contribution in [3.05, 3.63) is 39.9 Å². The lowest BCUT2D eigenvalue weighted by atomic mass is 10.1. The Morgan fingerprint density at radius 3 is 2.20 bits per heavy atom. The SMILES string of the molecule is O=[N+]([O-])c1ccc(CCOP(=O)([O-])CP(=O)([O-])O)cc1. The molecule has 9 nitrogen and oxygen atoms in total. The van der Waals surface area contributed by atoms with E-state index in [4.69, 9.17) is 4.89 Å². The zero-order valence-electron chi connectivity index (χ0n) is 10.1. The van der Waals surface area contributed by atoms with Crippen molar-refractivity contribution < 1.29 is 33.3 Å². The third kappa shape index (κ3) is 6.38. The summed E-state index contributed by atoms with van der Waals surface area (Å²) in [5, 5.41) is 10.4. The van der Waals surface area contributed by atoms with Crippen LogP contribution in [-0.4, -0.2) is 22.3 Å². The normalized spacial score (nSPS) is 17.1. The van der Waals surface area contributed by atoms with Gasteiger partial charge < -0.3 is 28.3 Å². The minimum absolute atomic E-state index is 0.100. The molecule has 0 amide bonds. The van der Waals surface area contributed by atoms with Gasteiger partial charge in [-0.3, -0.25) is 10.1 Å². The Labute approximate surface area is 114 Å². The van der Waals surface area contributed by atoms with Gasteiger partial charge in [-0.05, 0) is 12.0 Å². The molecule has 0 heterocycles. The highest BCUT2D eigenvalue weighted by Crippen LogP contribution is 2.50. The van der Waals surface area contributed by atoms with Crippen LogP contribution in [0.2, 0.25) is 0 Å². The van der Waals surface area contributed by atoms with Crippen LogP contribution >= 0.6 is 15.2 Å². The average molecular weight is 323 g/mol. The number of nitro groups is 1. The Morgan fingerprint density at radius 1 is 1.20 bits per heavy atom. The van der Waals surface area contributed by atoms with Crippen LogP contribution in [0.25, 0.3) is 0 Å². The minimum atomic E-state index is -4.94. The molecule has 0 saturated carbocycles. The maximum atomic E-state index is 11.2. The van der Waals surface area contributed by atoms with E-state index in [1.807, 2.05) is 0 Å². The fourth-order valence-electron chi connectivity index (χ4n) is 1.35. The topological polar surface area (TPSA) is 153 Å². The zero-order chi connectivity index (χ0) is 15.4. The molecule has 20 heavy (non-hydrogen) atoms. The van der Waals surface area contributed by atoms with Crippen molar-refractivity contribution in [1.29, 1.82) is 0 Å². The molecule has 0 radical (unpaired) electrons. The number of nitro benzene ring substituents is 1. The zero-order valence-corrected chi connectivity index (χ0v) is 11.9. The van der Waals surface area contributed by atoms with Gasteiger partial charge in [0.2, 0.25) is 0 Å². The molecule has 0 aromatic heterocycles. The number of hydrogen-bond donors (Lipinski definition) is 1. The molecular formula is C9H11NO8P2-2. The molecule has 0 aliphatic heterocycles. The van der Waals surface area contributed by atoms with Gasteiger partial charge in [0.1, 0.15) is 15.2 Å². The number of rotatable bonds is 7. The molecule has 1 aromatic carbocycles. The molecule has 0 spiro atoms. The standard InChI is InChI=1S/C9H13NO8P2/c11-10(12)9-3-1-8(2-4-9)5-6-18-20(16,17)7-19(13,14)15/h1-4H,5-7H2,(H,16,17)(H2,13,14,15)/p-2. The summed E-state index contributed by atoms with van der Waals surface area (Å²) >= 11 is 0. The Kier molecular flexibility index (Phi) is 5.59. The van der Waals surface area contributed by atoms with E-state index in [2.05, 4.69) is 4.52 Å². The smallest absolute Gasteiger partial charge is 0.269 e. The van der Waals surface area contributed by atoms with E-state index in [1.54, 1.807) is 0 Å².